The van der Waals surface area contributed by atoms with Crippen molar-refractivity contribution in [3.05, 3.63) is 0 Å². The predicted molar refractivity (Wildman–Crippen MR) is 55.1 cm³/mol. The van der Waals surface area contributed by atoms with Crippen LogP contribution in [0.25, 0.3) is 0 Å². The Balaban J connectivity index is 2.22. The summed E-state index contributed by atoms with van der Waals surface area (Å²) in [5, 5.41) is 10.9. The van der Waals surface area contributed by atoms with Gasteiger partial charge in [0.2, 0.25) is 0 Å². The summed E-state index contributed by atoms with van der Waals surface area (Å²) in [4.78, 5) is 23.2. The maximum Gasteiger partial charge on any atom is 0.317 e. The highest BCUT2D eigenvalue weighted by atomic mass is 32.2. The lowest BCUT2D eigenvalue weighted by molar-refractivity contribution is -0.136. The third kappa shape index (κ3) is 4.28. The van der Waals surface area contributed by atoms with Crippen molar-refractivity contribution in [3.63, 3.8) is 0 Å². The van der Waals surface area contributed by atoms with E-state index in [1.54, 1.807) is 4.90 Å². The number of hydrogen-bond acceptors (Lipinski definition) is 3. The molecule has 1 aliphatic rings. The number of rotatable bonds is 3. The SMILES string of the molecule is O=C(O)CCNC(=O)N1CCS(=O)CC1. The zero-order valence-electron chi connectivity index (χ0n) is 8.27. The molecule has 1 rings (SSSR count). The first-order chi connectivity index (χ1) is 7.09. The number of carbonyl (C=O) groups is 2. The molecule has 2 amide bonds. The van der Waals surface area contributed by atoms with Crippen LogP contribution in [0.3, 0.4) is 0 Å². The van der Waals surface area contributed by atoms with Gasteiger partial charge in [-0.15, -0.1) is 0 Å². The Kier molecular flexibility index (Phi) is 4.54. The molecule has 0 bridgehead atoms. The molecule has 2 N–H and O–H groups in total. The van der Waals surface area contributed by atoms with Gasteiger partial charge in [-0.3, -0.25) is 9.00 Å². The van der Waals surface area contributed by atoms with Gasteiger partial charge in [0.1, 0.15) is 0 Å². The van der Waals surface area contributed by atoms with Crippen LogP contribution in [-0.2, 0) is 15.6 Å². The van der Waals surface area contributed by atoms with E-state index >= 15 is 0 Å². The second-order valence-corrected chi connectivity index (χ2v) is 4.91. The normalized spacial score (nSPS) is 17.5. The molecule has 0 aromatic rings. The minimum absolute atomic E-state index is 0.0779. The van der Waals surface area contributed by atoms with Crippen molar-refractivity contribution < 1.29 is 18.9 Å². The van der Waals surface area contributed by atoms with Gasteiger partial charge in [0.25, 0.3) is 0 Å². The number of nitrogens with zero attached hydrogens (tertiary/aromatic N) is 1. The van der Waals surface area contributed by atoms with Crippen LogP contribution in [0.4, 0.5) is 4.79 Å². The zero-order valence-corrected chi connectivity index (χ0v) is 9.09. The smallest absolute Gasteiger partial charge is 0.317 e. The molecule has 0 spiro atoms. The molecule has 0 unspecified atom stereocenters. The van der Waals surface area contributed by atoms with Gasteiger partial charge in [-0.25, -0.2) is 4.79 Å². The number of aliphatic carboxylic acids is 1. The van der Waals surface area contributed by atoms with E-state index < -0.39 is 16.8 Å². The quantitative estimate of drug-likeness (QED) is 0.671. The summed E-state index contributed by atoms with van der Waals surface area (Å²) in [6.45, 7) is 1.09. The number of carboxylic acid groups (broad SMARTS) is 1. The molecule has 1 aliphatic heterocycles. The molecule has 1 heterocycles. The Bertz CT molecular complexity index is 272. The Hall–Kier alpha value is -1.11. The first-order valence-corrected chi connectivity index (χ1v) is 6.18. The fourth-order valence-electron chi connectivity index (χ4n) is 1.23. The molecule has 86 valence electrons. The topological polar surface area (TPSA) is 86.7 Å². The summed E-state index contributed by atoms with van der Waals surface area (Å²) in [5.74, 6) is 0.0775. The zero-order chi connectivity index (χ0) is 11.3. The van der Waals surface area contributed by atoms with E-state index in [0.29, 0.717) is 24.6 Å². The second kappa shape index (κ2) is 5.69. The molecule has 1 saturated heterocycles. The van der Waals surface area contributed by atoms with Crippen LogP contribution in [0, 0.1) is 0 Å². The molecule has 0 aliphatic carbocycles. The Morgan fingerprint density at radius 1 is 1.33 bits per heavy atom. The van der Waals surface area contributed by atoms with Crippen LogP contribution in [0.5, 0.6) is 0 Å². The van der Waals surface area contributed by atoms with Crippen LogP contribution in [-0.4, -0.2) is 57.4 Å². The van der Waals surface area contributed by atoms with Crippen LogP contribution < -0.4 is 5.32 Å². The van der Waals surface area contributed by atoms with E-state index in [4.69, 9.17) is 5.11 Å². The monoisotopic (exact) mass is 234 g/mol. The Morgan fingerprint density at radius 2 is 1.93 bits per heavy atom. The van der Waals surface area contributed by atoms with Crippen molar-refractivity contribution in [1.29, 1.82) is 0 Å². The van der Waals surface area contributed by atoms with E-state index in [-0.39, 0.29) is 19.0 Å². The predicted octanol–water partition coefficient (Wildman–Crippen LogP) is -0.765. The summed E-state index contributed by atoms with van der Waals surface area (Å²) in [6, 6.07) is -0.270. The molecule has 0 saturated carbocycles. The van der Waals surface area contributed by atoms with Crippen molar-refractivity contribution in [2.75, 3.05) is 31.1 Å². The van der Waals surface area contributed by atoms with Crippen LogP contribution in [0.2, 0.25) is 0 Å². The molecule has 15 heavy (non-hydrogen) atoms. The average Bonchev–Trinajstić information content (AvgIpc) is 2.18. The van der Waals surface area contributed by atoms with Gasteiger partial charge < -0.3 is 15.3 Å². The summed E-state index contributed by atoms with van der Waals surface area (Å²) in [6.07, 6.45) is -0.0779. The van der Waals surface area contributed by atoms with Gasteiger partial charge in [0, 0.05) is 41.9 Å². The molecular weight excluding hydrogens is 220 g/mol. The summed E-state index contributed by atoms with van der Waals surface area (Å²) in [7, 11) is -0.806. The molecule has 0 aromatic carbocycles. The molecular formula is C8H14N2O4S. The van der Waals surface area contributed by atoms with Crippen LogP contribution in [0.15, 0.2) is 0 Å². The minimum Gasteiger partial charge on any atom is -0.481 e. The maximum absolute atomic E-state index is 11.4. The van der Waals surface area contributed by atoms with Crippen molar-refractivity contribution in [2.45, 2.75) is 6.42 Å². The first-order valence-electron chi connectivity index (χ1n) is 4.69. The Labute approximate surface area is 90.1 Å². The first kappa shape index (κ1) is 12.0. The molecule has 6 nitrogen and oxygen atoms in total. The van der Waals surface area contributed by atoms with Crippen LogP contribution in [0.1, 0.15) is 6.42 Å². The molecule has 7 heteroatoms. The van der Waals surface area contributed by atoms with Crippen molar-refractivity contribution in [3.8, 4) is 0 Å². The van der Waals surface area contributed by atoms with Gasteiger partial charge in [-0.05, 0) is 0 Å². The molecule has 0 radical (unpaired) electrons. The third-order valence-electron chi connectivity index (χ3n) is 2.08. The third-order valence-corrected chi connectivity index (χ3v) is 3.36. The second-order valence-electron chi connectivity index (χ2n) is 3.21. The fraction of sp³-hybridized carbons (Fsp3) is 0.750. The lowest BCUT2D eigenvalue weighted by atomic mass is 10.4. The van der Waals surface area contributed by atoms with E-state index in [1.165, 1.54) is 0 Å². The largest absolute Gasteiger partial charge is 0.481 e. The Morgan fingerprint density at radius 3 is 2.47 bits per heavy atom. The van der Waals surface area contributed by atoms with Crippen molar-refractivity contribution in [2.24, 2.45) is 0 Å². The highest BCUT2D eigenvalue weighted by molar-refractivity contribution is 7.85. The highest BCUT2D eigenvalue weighted by Gasteiger charge is 2.19. The fourth-order valence-corrected chi connectivity index (χ4v) is 2.28. The van der Waals surface area contributed by atoms with Crippen molar-refractivity contribution >= 4 is 22.8 Å². The van der Waals surface area contributed by atoms with Gasteiger partial charge in [0.05, 0.1) is 6.42 Å². The van der Waals surface area contributed by atoms with Crippen molar-refractivity contribution in [1.82, 2.24) is 10.2 Å². The summed E-state index contributed by atoms with van der Waals surface area (Å²) in [5.41, 5.74) is 0. The van der Waals surface area contributed by atoms with E-state index in [1.807, 2.05) is 0 Å². The molecule has 1 fully saturated rings. The van der Waals surface area contributed by atoms with Crippen LogP contribution >= 0.6 is 0 Å². The van der Waals surface area contributed by atoms with E-state index in [9.17, 15) is 13.8 Å². The molecule has 0 aromatic heterocycles. The average molecular weight is 234 g/mol. The number of urea groups is 1. The lowest BCUT2D eigenvalue weighted by Gasteiger charge is -2.26. The summed E-state index contributed by atoms with van der Waals surface area (Å²) < 4.78 is 11.0. The van der Waals surface area contributed by atoms with Gasteiger partial charge in [0.15, 0.2) is 0 Å². The van der Waals surface area contributed by atoms with Gasteiger partial charge in [-0.1, -0.05) is 0 Å². The number of nitrogens with one attached hydrogen (secondary N) is 1. The minimum atomic E-state index is -0.935. The van der Waals surface area contributed by atoms with E-state index in [2.05, 4.69) is 5.32 Å². The van der Waals surface area contributed by atoms with Gasteiger partial charge in [-0.2, -0.15) is 0 Å². The number of amides is 2. The number of carbonyl (C=O) groups excluding carboxylic acids is 1. The lowest BCUT2D eigenvalue weighted by Crippen LogP contribution is -2.47. The standard InChI is InChI=1S/C8H14N2O4S/c11-7(12)1-2-9-8(13)10-3-5-15(14)6-4-10/h1-6H2,(H,9,13)(H,11,12). The summed E-state index contributed by atoms with van der Waals surface area (Å²) >= 11 is 0. The number of hydrogen-bond donors (Lipinski definition) is 2. The highest BCUT2D eigenvalue weighted by Crippen LogP contribution is 1.99. The van der Waals surface area contributed by atoms with Gasteiger partial charge >= 0.3 is 12.0 Å². The number of carboxylic acids is 1. The molecule has 0 atom stereocenters. The maximum atomic E-state index is 11.4. The van der Waals surface area contributed by atoms with E-state index in [0.717, 1.165) is 0 Å².